The molecule has 5 nitrogen and oxygen atoms in total. The molecule has 1 atom stereocenters. The summed E-state index contributed by atoms with van der Waals surface area (Å²) in [5.74, 6) is 0.0465. The van der Waals surface area contributed by atoms with E-state index in [4.69, 9.17) is 0 Å². The maximum absolute atomic E-state index is 12.0. The molecule has 2 rings (SSSR count). The minimum Gasteiger partial charge on any atom is -0.353 e. The summed E-state index contributed by atoms with van der Waals surface area (Å²) in [6, 6.07) is 0.648. The fraction of sp³-hybridized carbons (Fsp3) is 0.750. The highest BCUT2D eigenvalue weighted by Crippen LogP contribution is 2.15. The third-order valence-electron chi connectivity index (χ3n) is 4.70. The van der Waals surface area contributed by atoms with Gasteiger partial charge in [0, 0.05) is 24.8 Å². The number of rotatable bonds is 5. The van der Waals surface area contributed by atoms with Crippen LogP contribution in [0.15, 0.2) is 0 Å². The van der Waals surface area contributed by atoms with E-state index >= 15 is 0 Å². The van der Waals surface area contributed by atoms with Gasteiger partial charge in [-0.2, -0.15) is 5.10 Å². The van der Waals surface area contributed by atoms with Gasteiger partial charge in [-0.15, -0.1) is 0 Å². The molecular formula is C16H28N4O. The molecule has 1 aliphatic rings. The molecule has 5 heteroatoms. The van der Waals surface area contributed by atoms with Crippen LogP contribution in [0, 0.1) is 20.8 Å². The van der Waals surface area contributed by atoms with Gasteiger partial charge >= 0.3 is 0 Å². The van der Waals surface area contributed by atoms with Crippen LogP contribution in [-0.4, -0.2) is 46.3 Å². The summed E-state index contributed by atoms with van der Waals surface area (Å²) in [4.78, 5) is 14.5. The van der Waals surface area contributed by atoms with E-state index in [9.17, 15) is 4.79 Å². The van der Waals surface area contributed by atoms with Gasteiger partial charge in [0.05, 0.1) is 5.69 Å². The zero-order valence-corrected chi connectivity index (χ0v) is 13.8. The number of hydrogen-bond donors (Lipinski definition) is 1. The first kappa shape index (κ1) is 16.0. The Labute approximate surface area is 127 Å². The summed E-state index contributed by atoms with van der Waals surface area (Å²) < 4.78 is 1.80. The molecule has 2 heterocycles. The number of likely N-dealkylation sites (tertiary alicyclic amines) is 1. The normalized spacial score (nSPS) is 19.7. The molecule has 0 aliphatic carbocycles. The van der Waals surface area contributed by atoms with Crippen LogP contribution in [0.4, 0.5) is 0 Å². The number of piperidine rings is 1. The van der Waals surface area contributed by atoms with Gasteiger partial charge < -0.3 is 5.32 Å². The number of nitrogens with zero attached hydrogens (tertiary/aromatic N) is 3. The van der Waals surface area contributed by atoms with Crippen LogP contribution in [0.1, 0.15) is 43.1 Å². The average molecular weight is 292 g/mol. The van der Waals surface area contributed by atoms with E-state index in [-0.39, 0.29) is 5.91 Å². The number of nitrogens with one attached hydrogen (secondary N) is 1. The van der Waals surface area contributed by atoms with Gasteiger partial charge in [-0.3, -0.25) is 14.4 Å². The molecule has 1 aromatic heterocycles. The molecule has 1 aromatic rings. The fourth-order valence-corrected chi connectivity index (χ4v) is 2.96. The predicted octanol–water partition coefficient (Wildman–Crippen LogP) is 1.80. The van der Waals surface area contributed by atoms with Crippen LogP contribution in [0.5, 0.6) is 0 Å². The predicted molar refractivity (Wildman–Crippen MR) is 84.3 cm³/mol. The smallest absolute Gasteiger partial charge is 0.241 e. The van der Waals surface area contributed by atoms with Crippen molar-refractivity contribution in [2.45, 2.75) is 59.5 Å². The van der Waals surface area contributed by atoms with E-state index in [1.807, 2.05) is 20.8 Å². The van der Waals surface area contributed by atoms with Crippen molar-refractivity contribution < 1.29 is 4.79 Å². The van der Waals surface area contributed by atoms with Crippen LogP contribution in [0.2, 0.25) is 0 Å². The highest BCUT2D eigenvalue weighted by molar-refractivity contribution is 5.75. The van der Waals surface area contributed by atoms with Gasteiger partial charge in [-0.1, -0.05) is 6.42 Å². The molecule has 0 unspecified atom stereocenters. The Morgan fingerprint density at radius 3 is 2.71 bits per heavy atom. The number of carbonyl (C=O) groups is 1. The lowest BCUT2D eigenvalue weighted by atomic mass is 10.0. The van der Waals surface area contributed by atoms with Gasteiger partial charge in [-0.25, -0.2) is 0 Å². The Balaban J connectivity index is 1.76. The van der Waals surface area contributed by atoms with Crippen LogP contribution >= 0.6 is 0 Å². The minimum absolute atomic E-state index is 0.0465. The molecule has 0 radical (unpaired) electrons. The lowest BCUT2D eigenvalue weighted by Crippen LogP contribution is -2.43. The molecule has 1 N–H and O–H groups in total. The van der Waals surface area contributed by atoms with E-state index in [0.717, 1.165) is 31.0 Å². The topological polar surface area (TPSA) is 50.2 Å². The second kappa shape index (κ2) is 7.07. The molecule has 0 bridgehead atoms. The Morgan fingerprint density at radius 2 is 2.10 bits per heavy atom. The largest absolute Gasteiger partial charge is 0.353 e. The Morgan fingerprint density at radius 1 is 1.33 bits per heavy atom. The Bertz CT molecular complexity index is 495. The molecule has 0 aromatic carbocycles. The van der Waals surface area contributed by atoms with E-state index in [1.54, 1.807) is 4.68 Å². The van der Waals surface area contributed by atoms with E-state index in [1.165, 1.54) is 24.8 Å². The number of aromatic nitrogens is 2. The minimum atomic E-state index is 0.0465. The van der Waals surface area contributed by atoms with Gasteiger partial charge in [0.1, 0.15) is 6.54 Å². The van der Waals surface area contributed by atoms with Crippen molar-refractivity contribution in [1.29, 1.82) is 0 Å². The Kier molecular flexibility index (Phi) is 5.39. The number of hydrogen-bond acceptors (Lipinski definition) is 3. The molecule has 1 saturated heterocycles. The molecule has 1 aliphatic heterocycles. The quantitative estimate of drug-likeness (QED) is 0.900. The fourth-order valence-electron chi connectivity index (χ4n) is 2.96. The lowest BCUT2D eigenvalue weighted by Gasteiger charge is -2.33. The van der Waals surface area contributed by atoms with Crippen LogP contribution < -0.4 is 5.32 Å². The second-order valence-electron chi connectivity index (χ2n) is 6.18. The monoisotopic (exact) mass is 292 g/mol. The number of aryl methyl sites for hydroxylation is 1. The van der Waals surface area contributed by atoms with Crippen molar-refractivity contribution in [3.8, 4) is 0 Å². The molecule has 0 spiro atoms. The first-order valence-corrected chi connectivity index (χ1v) is 8.00. The summed E-state index contributed by atoms with van der Waals surface area (Å²) in [6.45, 7) is 11.5. The average Bonchev–Trinajstić information content (AvgIpc) is 2.68. The van der Waals surface area contributed by atoms with Crippen molar-refractivity contribution >= 4 is 5.91 Å². The third-order valence-corrected chi connectivity index (χ3v) is 4.70. The lowest BCUT2D eigenvalue weighted by molar-refractivity contribution is -0.121. The maximum Gasteiger partial charge on any atom is 0.241 e. The van der Waals surface area contributed by atoms with E-state index in [2.05, 4.69) is 22.2 Å². The summed E-state index contributed by atoms with van der Waals surface area (Å²) in [6.07, 6.45) is 3.89. The molecule has 0 saturated carbocycles. The van der Waals surface area contributed by atoms with Crippen LogP contribution in [0.3, 0.4) is 0 Å². The maximum atomic E-state index is 12.0. The van der Waals surface area contributed by atoms with Crippen molar-refractivity contribution in [1.82, 2.24) is 20.0 Å². The first-order valence-electron chi connectivity index (χ1n) is 8.00. The number of amides is 1. The van der Waals surface area contributed by atoms with Gasteiger partial charge in [0.2, 0.25) is 5.91 Å². The molecular weight excluding hydrogens is 264 g/mol. The van der Waals surface area contributed by atoms with Crippen molar-refractivity contribution in [3.63, 3.8) is 0 Å². The molecule has 118 valence electrons. The summed E-state index contributed by atoms with van der Waals surface area (Å²) in [5.41, 5.74) is 3.25. The van der Waals surface area contributed by atoms with Crippen LogP contribution in [0.25, 0.3) is 0 Å². The SMILES string of the molecule is Cc1nn(CC(=O)NCCN2CCCC[C@H]2C)c(C)c1C. The first-order chi connectivity index (χ1) is 9.99. The summed E-state index contributed by atoms with van der Waals surface area (Å²) in [7, 11) is 0. The molecule has 1 fully saturated rings. The molecule has 21 heavy (non-hydrogen) atoms. The van der Waals surface area contributed by atoms with Crippen molar-refractivity contribution in [2.75, 3.05) is 19.6 Å². The summed E-state index contributed by atoms with van der Waals surface area (Å²) in [5, 5.41) is 7.42. The van der Waals surface area contributed by atoms with Gasteiger partial charge in [0.25, 0.3) is 0 Å². The number of carbonyl (C=O) groups excluding carboxylic acids is 1. The van der Waals surface area contributed by atoms with E-state index < -0.39 is 0 Å². The van der Waals surface area contributed by atoms with E-state index in [0.29, 0.717) is 12.6 Å². The highest BCUT2D eigenvalue weighted by atomic mass is 16.2. The third kappa shape index (κ3) is 4.06. The zero-order valence-electron chi connectivity index (χ0n) is 13.8. The van der Waals surface area contributed by atoms with Crippen molar-refractivity contribution in [2.24, 2.45) is 0 Å². The van der Waals surface area contributed by atoms with Gasteiger partial charge in [-0.05, 0) is 52.6 Å². The summed E-state index contributed by atoms with van der Waals surface area (Å²) >= 11 is 0. The molecule has 1 amide bonds. The Hall–Kier alpha value is -1.36. The highest BCUT2D eigenvalue weighted by Gasteiger charge is 2.17. The second-order valence-corrected chi connectivity index (χ2v) is 6.18. The van der Waals surface area contributed by atoms with Crippen LogP contribution in [-0.2, 0) is 11.3 Å². The van der Waals surface area contributed by atoms with Gasteiger partial charge in [0.15, 0.2) is 0 Å². The zero-order chi connectivity index (χ0) is 15.4. The standard InChI is InChI=1S/C16H28N4O/c1-12-7-5-6-9-19(12)10-8-17-16(21)11-20-15(4)13(2)14(3)18-20/h12H,5-11H2,1-4H3,(H,17,21)/t12-/m1/s1. The van der Waals surface area contributed by atoms with Crippen molar-refractivity contribution in [3.05, 3.63) is 17.0 Å².